The number of carbonyl (C=O) groups excluding carboxylic acids is 1. The summed E-state index contributed by atoms with van der Waals surface area (Å²) in [4.78, 5) is 11.7. The smallest absolute Gasteiger partial charge is 0.262 e. The van der Waals surface area contributed by atoms with Gasteiger partial charge < -0.3 is 10.1 Å². The monoisotopic (exact) mass is 338 g/mol. The zero-order valence-electron chi connectivity index (χ0n) is 12.2. The van der Waals surface area contributed by atoms with Crippen molar-refractivity contribution in [1.29, 1.82) is 0 Å². The Hall–Kier alpha value is -2.61. The van der Waals surface area contributed by atoms with Gasteiger partial charge in [0.15, 0.2) is 6.61 Å². The molecule has 0 bridgehead atoms. The highest BCUT2D eigenvalue weighted by Crippen LogP contribution is 2.15. The Morgan fingerprint density at radius 3 is 2.17 bits per heavy atom. The van der Waals surface area contributed by atoms with E-state index in [1.165, 1.54) is 36.4 Å². The molecule has 0 saturated heterocycles. The summed E-state index contributed by atoms with van der Waals surface area (Å²) in [5.41, 5.74) is 0.893. The molecule has 0 heterocycles. The zero-order valence-corrected chi connectivity index (χ0v) is 13.1. The van der Waals surface area contributed by atoms with Crippen molar-refractivity contribution in [2.24, 2.45) is 0 Å². The number of rotatable bonds is 6. The Balaban J connectivity index is 1.86. The molecule has 0 saturated carbocycles. The highest BCUT2D eigenvalue weighted by Gasteiger charge is 2.05. The minimum absolute atomic E-state index is 0.227. The Kier molecular flexibility index (Phi) is 5.17. The lowest BCUT2D eigenvalue weighted by atomic mass is 10.3. The second-order valence-corrected chi connectivity index (χ2v) is 6.49. The Bertz CT molecular complexity index is 774. The van der Waals surface area contributed by atoms with Crippen molar-refractivity contribution in [1.82, 2.24) is 0 Å². The zero-order chi connectivity index (χ0) is 16.9. The average Bonchev–Trinajstić information content (AvgIpc) is 2.47. The van der Waals surface area contributed by atoms with Crippen LogP contribution < -0.4 is 14.8 Å². The number of anilines is 2. The minimum atomic E-state index is -3.34. The minimum Gasteiger partial charge on any atom is -0.484 e. The summed E-state index contributed by atoms with van der Waals surface area (Å²) in [6.45, 7) is -0.227. The van der Waals surface area contributed by atoms with Gasteiger partial charge in [-0.3, -0.25) is 9.52 Å². The van der Waals surface area contributed by atoms with E-state index in [0.29, 0.717) is 17.1 Å². The highest BCUT2D eigenvalue weighted by molar-refractivity contribution is 7.92. The van der Waals surface area contributed by atoms with Crippen molar-refractivity contribution in [3.05, 3.63) is 54.3 Å². The summed E-state index contributed by atoms with van der Waals surface area (Å²) in [7, 11) is -3.34. The topological polar surface area (TPSA) is 84.5 Å². The van der Waals surface area contributed by atoms with Crippen molar-refractivity contribution in [2.45, 2.75) is 0 Å². The molecule has 0 aliphatic rings. The first-order valence-electron chi connectivity index (χ1n) is 6.58. The lowest BCUT2D eigenvalue weighted by molar-refractivity contribution is -0.118. The van der Waals surface area contributed by atoms with Gasteiger partial charge in [0.2, 0.25) is 10.0 Å². The molecular weight excluding hydrogens is 323 g/mol. The quantitative estimate of drug-likeness (QED) is 0.846. The van der Waals surface area contributed by atoms with Gasteiger partial charge in [-0.15, -0.1) is 0 Å². The maximum atomic E-state index is 12.7. The van der Waals surface area contributed by atoms with Crippen molar-refractivity contribution in [2.75, 3.05) is 22.9 Å². The molecule has 0 aliphatic heterocycles. The average molecular weight is 338 g/mol. The van der Waals surface area contributed by atoms with Gasteiger partial charge in [-0.05, 0) is 48.5 Å². The predicted molar refractivity (Wildman–Crippen MR) is 85.4 cm³/mol. The summed E-state index contributed by atoms with van der Waals surface area (Å²) in [6.07, 6.45) is 1.05. The molecule has 2 N–H and O–H groups in total. The molecule has 8 heteroatoms. The highest BCUT2D eigenvalue weighted by atomic mass is 32.2. The normalized spacial score (nSPS) is 10.9. The van der Waals surface area contributed by atoms with Crippen LogP contribution in [-0.2, 0) is 14.8 Å². The predicted octanol–water partition coefficient (Wildman–Crippen LogP) is 2.21. The van der Waals surface area contributed by atoms with Crippen molar-refractivity contribution in [3.63, 3.8) is 0 Å². The molecule has 0 radical (unpaired) electrons. The number of ether oxygens (including phenoxy) is 1. The fraction of sp³-hybridized carbons (Fsp3) is 0.133. The molecule has 0 unspecified atom stereocenters. The third-order valence-corrected chi connectivity index (χ3v) is 3.26. The van der Waals surface area contributed by atoms with E-state index in [2.05, 4.69) is 10.0 Å². The second kappa shape index (κ2) is 7.10. The van der Waals surface area contributed by atoms with Crippen LogP contribution in [0.15, 0.2) is 48.5 Å². The molecule has 0 fully saturated rings. The van der Waals surface area contributed by atoms with E-state index < -0.39 is 15.9 Å². The van der Waals surface area contributed by atoms with Crippen LogP contribution in [0.4, 0.5) is 15.8 Å². The summed E-state index contributed by atoms with van der Waals surface area (Å²) in [5.74, 6) is -0.392. The first-order chi connectivity index (χ1) is 10.8. The van der Waals surface area contributed by atoms with Gasteiger partial charge in [0.1, 0.15) is 11.6 Å². The van der Waals surface area contributed by atoms with Crippen LogP contribution in [0.5, 0.6) is 5.75 Å². The molecule has 2 rings (SSSR count). The second-order valence-electron chi connectivity index (χ2n) is 4.74. The first kappa shape index (κ1) is 16.8. The van der Waals surface area contributed by atoms with Crippen LogP contribution in [0.25, 0.3) is 0 Å². The molecule has 1 amide bonds. The number of sulfonamides is 1. The van der Waals surface area contributed by atoms with Gasteiger partial charge in [-0.2, -0.15) is 0 Å². The molecule has 0 spiro atoms. The third kappa shape index (κ3) is 5.95. The molecule has 122 valence electrons. The largest absolute Gasteiger partial charge is 0.484 e. The molecule has 2 aromatic carbocycles. The summed E-state index contributed by atoms with van der Waals surface area (Å²) < 4.78 is 42.4. The van der Waals surface area contributed by atoms with Crippen molar-refractivity contribution >= 4 is 27.3 Å². The van der Waals surface area contributed by atoms with Crippen molar-refractivity contribution in [3.8, 4) is 5.75 Å². The van der Waals surface area contributed by atoms with Crippen LogP contribution in [-0.4, -0.2) is 27.2 Å². The van der Waals surface area contributed by atoms with E-state index in [1.54, 1.807) is 12.1 Å². The van der Waals surface area contributed by atoms with E-state index in [0.717, 1.165) is 6.26 Å². The number of nitrogens with one attached hydrogen (secondary N) is 2. The van der Waals surface area contributed by atoms with Gasteiger partial charge in [0.05, 0.1) is 6.26 Å². The number of hydrogen-bond acceptors (Lipinski definition) is 4. The lowest BCUT2D eigenvalue weighted by Gasteiger charge is -2.08. The number of hydrogen-bond donors (Lipinski definition) is 2. The summed E-state index contributed by atoms with van der Waals surface area (Å²) in [5, 5.41) is 2.60. The Morgan fingerprint density at radius 1 is 1.04 bits per heavy atom. The molecule has 0 atom stereocenters. The van der Waals surface area contributed by atoms with Gasteiger partial charge in [0, 0.05) is 11.4 Å². The molecule has 0 aromatic heterocycles. The Labute approximate surface area is 133 Å². The van der Waals surface area contributed by atoms with E-state index in [1.807, 2.05) is 0 Å². The summed E-state index contributed by atoms with van der Waals surface area (Å²) >= 11 is 0. The molecular formula is C15H15FN2O4S. The van der Waals surface area contributed by atoms with E-state index >= 15 is 0 Å². The molecule has 6 nitrogen and oxygen atoms in total. The Morgan fingerprint density at radius 2 is 1.61 bits per heavy atom. The molecule has 2 aromatic rings. The standard InChI is InChI=1S/C15H15FN2O4S/c1-23(20,21)18-13-6-4-12(5-7-13)17-15(19)10-22-14-8-2-11(16)3-9-14/h2-9,18H,10H2,1H3,(H,17,19). The van der Waals surface area contributed by atoms with E-state index in [4.69, 9.17) is 4.74 Å². The van der Waals surface area contributed by atoms with Crippen LogP contribution in [0.1, 0.15) is 0 Å². The fourth-order valence-electron chi connectivity index (χ4n) is 1.71. The van der Waals surface area contributed by atoms with Gasteiger partial charge in [-0.25, -0.2) is 12.8 Å². The lowest BCUT2D eigenvalue weighted by Crippen LogP contribution is -2.20. The fourth-order valence-corrected chi connectivity index (χ4v) is 2.28. The van der Waals surface area contributed by atoms with Crippen LogP contribution >= 0.6 is 0 Å². The number of amides is 1. The van der Waals surface area contributed by atoms with Crippen molar-refractivity contribution < 1.29 is 22.3 Å². The number of halogens is 1. The first-order valence-corrected chi connectivity index (χ1v) is 8.47. The number of benzene rings is 2. The van der Waals surface area contributed by atoms with Gasteiger partial charge >= 0.3 is 0 Å². The SMILES string of the molecule is CS(=O)(=O)Nc1ccc(NC(=O)COc2ccc(F)cc2)cc1. The third-order valence-electron chi connectivity index (χ3n) is 2.66. The number of carbonyl (C=O) groups is 1. The molecule has 0 aliphatic carbocycles. The van der Waals surface area contributed by atoms with E-state index in [-0.39, 0.29) is 12.4 Å². The van der Waals surface area contributed by atoms with Crippen LogP contribution in [0.2, 0.25) is 0 Å². The summed E-state index contributed by atoms with van der Waals surface area (Å²) in [6, 6.07) is 11.5. The molecule has 23 heavy (non-hydrogen) atoms. The maximum absolute atomic E-state index is 12.7. The van der Waals surface area contributed by atoms with Crippen LogP contribution in [0.3, 0.4) is 0 Å². The van der Waals surface area contributed by atoms with Crippen LogP contribution in [0, 0.1) is 5.82 Å². The van der Waals surface area contributed by atoms with Gasteiger partial charge in [-0.1, -0.05) is 0 Å². The maximum Gasteiger partial charge on any atom is 0.262 e. The van der Waals surface area contributed by atoms with E-state index in [9.17, 15) is 17.6 Å². The van der Waals surface area contributed by atoms with Gasteiger partial charge in [0.25, 0.3) is 5.91 Å².